The number of aliphatic hydroxyl groups excluding tert-OH is 1. The predicted molar refractivity (Wildman–Crippen MR) is 75.3 cm³/mol. The highest BCUT2D eigenvalue weighted by Gasteiger charge is 2.54. The maximum atomic E-state index is 9.24. The zero-order chi connectivity index (χ0) is 14.0. The van der Waals surface area contributed by atoms with Crippen molar-refractivity contribution < 1.29 is 19.3 Å². The normalized spacial score (nSPS) is 39.6. The minimum atomic E-state index is -0.381. The lowest BCUT2D eigenvalue weighted by molar-refractivity contribution is -0.198. The Morgan fingerprint density at radius 1 is 1.15 bits per heavy atom. The fourth-order valence-electron chi connectivity index (χ4n) is 3.85. The van der Waals surface area contributed by atoms with Crippen LogP contribution >= 0.6 is 0 Å². The Balaban J connectivity index is 1.76. The first-order valence-corrected chi connectivity index (χ1v) is 7.97. The summed E-state index contributed by atoms with van der Waals surface area (Å²) >= 11 is 0. The van der Waals surface area contributed by atoms with Crippen LogP contribution in [0.25, 0.3) is 0 Å². The van der Waals surface area contributed by atoms with Gasteiger partial charge in [-0.25, -0.2) is 0 Å². The standard InChI is InChI=1S/C16H26O4/c1-2-6-13-15-14(12(7-10-17)11-18-13)19-16(20-15)8-4-3-5-9-16/h2,12-15,17H,1,3-11H2/t12-,13-,14+,15-/m0/s1. The number of aliphatic hydroxyl groups is 1. The summed E-state index contributed by atoms with van der Waals surface area (Å²) in [5, 5.41) is 9.24. The molecule has 4 atom stereocenters. The molecule has 0 aromatic rings. The van der Waals surface area contributed by atoms with Gasteiger partial charge in [-0.2, -0.15) is 0 Å². The Kier molecular flexibility index (Phi) is 4.46. The molecule has 1 aliphatic carbocycles. The van der Waals surface area contributed by atoms with Crippen molar-refractivity contribution in [1.29, 1.82) is 0 Å². The quantitative estimate of drug-likeness (QED) is 0.804. The van der Waals surface area contributed by atoms with Crippen LogP contribution in [0.15, 0.2) is 12.7 Å². The number of ether oxygens (including phenoxy) is 3. The molecular formula is C16H26O4. The smallest absolute Gasteiger partial charge is 0.169 e. The van der Waals surface area contributed by atoms with Gasteiger partial charge in [0.15, 0.2) is 5.79 Å². The SMILES string of the molecule is C=CC[C@@H]1OC[C@H](CCO)[C@H]2OC3(CCCCC3)O[C@H]21. The van der Waals surface area contributed by atoms with E-state index in [0.29, 0.717) is 6.61 Å². The zero-order valence-corrected chi connectivity index (χ0v) is 12.1. The minimum absolute atomic E-state index is 0.00333. The van der Waals surface area contributed by atoms with Crippen molar-refractivity contribution in [2.45, 2.75) is 69.0 Å². The van der Waals surface area contributed by atoms with Gasteiger partial charge in [-0.15, -0.1) is 6.58 Å². The average molecular weight is 282 g/mol. The summed E-state index contributed by atoms with van der Waals surface area (Å²) in [6.07, 6.45) is 9.14. The van der Waals surface area contributed by atoms with Crippen LogP contribution < -0.4 is 0 Å². The number of hydrogen-bond acceptors (Lipinski definition) is 4. The Morgan fingerprint density at radius 2 is 1.90 bits per heavy atom. The second-order valence-electron chi connectivity index (χ2n) is 6.30. The van der Waals surface area contributed by atoms with E-state index in [1.165, 1.54) is 19.3 Å². The van der Waals surface area contributed by atoms with Crippen LogP contribution in [0.4, 0.5) is 0 Å². The highest BCUT2D eigenvalue weighted by molar-refractivity contribution is 4.98. The molecule has 0 unspecified atom stereocenters. The van der Waals surface area contributed by atoms with Crippen LogP contribution in [-0.2, 0) is 14.2 Å². The van der Waals surface area contributed by atoms with E-state index >= 15 is 0 Å². The molecule has 1 N–H and O–H groups in total. The highest BCUT2D eigenvalue weighted by Crippen LogP contribution is 2.46. The summed E-state index contributed by atoms with van der Waals surface area (Å²) in [7, 11) is 0. The minimum Gasteiger partial charge on any atom is -0.396 e. The fraction of sp³-hybridized carbons (Fsp3) is 0.875. The Bertz CT molecular complexity index is 337. The topological polar surface area (TPSA) is 47.9 Å². The Hall–Kier alpha value is -0.420. The first kappa shape index (κ1) is 14.5. The van der Waals surface area contributed by atoms with E-state index < -0.39 is 0 Å². The lowest BCUT2D eigenvalue weighted by Crippen LogP contribution is -2.48. The molecule has 2 heterocycles. The molecule has 4 heteroatoms. The van der Waals surface area contributed by atoms with Gasteiger partial charge < -0.3 is 19.3 Å². The highest BCUT2D eigenvalue weighted by atomic mass is 16.8. The fourth-order valence-corrected chi connectivity index (χ4v) is 3.85. The average Bonchev–Trinajstić information content (AvgIpc) is 2.82. The maximum Gasteiger partial charge on any atom is 0.169 e. The van der Waals surface area contributed by atoms with E-state index in [9.17, 15) is 5.11 Å². The second-order valence-corrected chi connectivity index (χ2v) is 6.30. The van der Waals surface area contributed by atoms with Crippen molar-refractivity contribution in [3.63, 3.8) is 0 Å². The predicted octanol–water partition coefficient (Wildman–Crippen LogP) is 2.40. The summed E-state index contributed by atoms with van der Waals surface area (Å²) in [4.78, 5) is 0. The molecule has 1 saturated carbocycles. The third-order valence-corrected chi connectivity index (χ3v) is 4.90. The Morgan fingerprint density at radius 3 is 2.60 bits per heavy atom. The molecule has 1 spiro atoms. The molecule has 3 aliphatic rings. The van der Waals surface area contributed by atoms with Gasteiger partial charge >= 0.3 is 0 Å². The number of hydrogen-bond donors (Lipinski definition) is 1. The van der Waals surface area contributed by atoms with Crippen molar-refractivity contribution in [2.75, 3.05) is 13.2 Å². The molecule has 4 nitrogen and oxygen atoms in total. The van der Waals surface area contributed by atoms with Crippen LogP contribution in [-0.4, -0.2) is 42.4 Å². The molecule has 0 aromatic heterocycles. The lowest BCUT2D eigenvalue weighted by Gasteiger charge is -2.36. The van der Waals surface area contributed by atoms with E-state index in [2.05, 4.69) is 6.58 Å². The molecule has 2 saturated heterocycles. The largest absolute Gasteiger partial charge is 0.396 e. The summed E-state index contributed by atoms with van der Waals surface area (Å²) in [6.45, 7) is 4.64. The van der Waals surface area contributed by atoms with Gasteiger partial charge in [-0.1, -0.05) is 12.5 Å². The van der Waals surface area contributed by atoms with E-state index in [0.717, 1.165) is 25.7 Å². The van der Waals surface area contributed by atoms with Crippen molar-refractivity contribution in [3.8, 4) is 0 Å². The third-order valence-electron chi connectivity index (χ3n) is 4.90. The van der Waals surface area contributed by atoms with Crippen molar-refractivity contribution in [1.82, 2.24) is 0 Å². The van der Waals surface area contributed by atoms with Gasteiger partial charge in [-0.05, 0) is 25.7 Å². The van der Waals surface area contributed by atoms with Gasteiger partial charge in [0.1, 0.15) is 6.10 Å². The molecule has 0 radical (unpaired) electrons. The molecule has 114 valence electrons. The summed E-state index contributed by atoms with van der Waals surface area (Å²) in [5.74, 6) is -0.138. The van der Waals surface area contributed by atoms with Gasteiger partial charge in [0.2, 0.25) is 0 Å². The van der Waals surface area contributed by atoms with E-state index in [1.54, 1.807) is 0 Å². The molecule has 20 heavy (non-hydrogen) atoms. The third kappa shape index (κ3) is 2.67. The zero-order valence-electron chi connectivity index (χ0n) is 12.1. The molecule has 3 rings (SSSR count). The van der Waals surface area contributed by atoms with Crippen LogP contribution in [0.3, 0.4) is 0 Å². The van der Waals surface area contributed by atoms with Gasteiger partial charge in [-0.3, -0.25) is 0 Å². The summed E-state index contributed by atoms with van der Waals surface area (Å²) in [6, 6.07) is 0. The lowest BCUT2D eigenvalue weighted by atomic mass is 9.89. The number of fused-ring (bicyclic) bond motifs is 1. The molecule has 0 aromatic carbocycles. The molecular weight excluding hydrogens is 256 g/mol. The van der Waals surface area contributed by atoms with Crippen molar-refractivity contribution >= 4 is 0 Å². The van der Waals surface area contributed by atoms with Crippen LogP contribution in [0.2, 0.25) is 0 Å². The van der Waals surface area contributed by atoms with E-state index in [4.69, 9.17) is 14.2 Å². The van der Waals surface area contributed by atoms with E-state index in [1.807, 2.05) is 6.08 Å². The Labute approximate surface area is 121 Å². The van der Waals surface area contributed by atoms with Crippen molar-refractivity contribution in [2.24, 2.45) is 5.92 Å². The van der Waals surface area contributed by atoms with Crippen LogP contribution in [0.5, 0.6) is 0 Å². The first-order chi connectivity index (χ1) is 9.78. The van der Waals surface area contributed by atoms with E-state index in [-0.39, 0.29) is 36.6 Å². The monoisotopic (exact) mass is 282 g/mol. The van der Waals surface area contributed by atoms with Crippen LogP contribution in [0.1, 0.15) is 44.9 Å². The molecule has 2 aliphatic heterocycles. The van der Waals surface area contributed by atoms with Gasteiger partial charge in [0.05, 0.1) is 18.8 Å². The first-order valence-electron chi connectivity index (χ1n) is 7.97. The maximum absolute atomic E-state index is 9.24. The summed E-state index contributed by atoms with van der Waals surface area (Å²) in [5.41, 5.74) is 0. The molecule has 0 bridgehead atoms. The molecule has 3 fully saturated rings. The van der Waals surface area contributed by atoms with Gasteiger partial charge in [0, 0.05) is 25.4 Å². The second kappa shape index (κ2) is 6.14. The molecule has 0 amide bonds. The van der Waals surface area contributed by atoms with Gasteiger partial charge in [0.25, 0.3) is 0 Å². The van der Waals surface area contributed by atoms with Crippen molar-refractivity contribution in [3.05, 3.63) is 12.7 Å². The summed E-state index contributed by atoms with van der Waals surface area (Å²) < 4.78 is 18.7. The number of rotatable bonds is 4. The van der Waals surface area contributed by atoms with Crippen LogP contribution in [0, 0.1) is 5.92 Å².